The maximum Gasteiger partial charge on any atom is 0.0304 e. The van der Waals surface area contributed by atoms with Gasteiger partial charge in [0.15, 0.2) is 0 Å². The highest BCUT2D eigenvalue weighted by Gasteiger charge is 2.39. The Balaban J connectivity index is 2.08. The van der Waals surface area contributed by atoms with Crippen molar-refractivity contribution in [3.8, 4) is 0 Å². The van der Waals surface area contributed by atoms with Crippen LogP contribution in [0.2, 0.25) is 0 Å². The smallest absolute Gasteiger partial charge is 0.0304 e. The van der Waals surface area contributed by atoms with Crippen molar-refractivity contribution in [1.29, 1.82) is 0 Å². The Bertz CT molecular complexity index is 265. The largest absolute Gasteiger partial charge is 0.308 e. The number of hydrogen-bond donors (Lipinski definition) is 1. The van der Waals surface area contributed by atoms with E-state index in [1.807, 2.05) is 0 Å². The van der Waals surface area contributed by atoms with Crippen molar-refractivity contribution in [1.82, 2.24) is 10.2 Å². The van der Waals surface area contributed by atoms with Gasteiger partial charge in [0.2, 0.25) is 0 Å². The van der Waals surface area contributed by atoms with Gasteiger partial charge in [0.25, 0.3) is 0 Å². The Labute approximate surface area is 126 Å². The van der Waals surface area contributed by atoms with Gasteiger partial charge in [-0.25, -0.2) is 0 Å². The van der Waals surface area contributed by atoms with Gasteiger partial charge in [0.1, 0.15) is 0 Å². The van der Waals surface area contributed by atoms with Gasteiger partial charge in [-0.15, -0.1) is 0 Å². The lowest BCUT2D eigenvalue weighted by atomic mass is 9.86. The van der Waals surface area contributed by atoms with Crippen LogP contribution in [0.3, 0.4) is 0 Å². The molecule has 2 heteroatoms. The standard InChI is InChI=1S/C18H36N2/c1-4-11-17-14-19-18(5-2,6-3)15-20(17)16-12-9-7-8-10-13-16/h16-17,19H,4-15H2,1-3H3. The quantitative estimate of drug-likeness (QED) is 0.754. The van der Waals surface area contributed by atoms with Crippen LogP contribution in [0.25, 0.3) is 0 Å². The molecule has 2 fully saturated rings. The van der Waals surface area contributed by atoms with Gasteiger partial charge in [-0.05, 0) is 32.1 Å². The molecule has 20 heavy (non-hydrogen) atoms. The number of hydrogen-bond acceptors (Lipinski definition) is 2. The SMILES string of the molecule is CCCC1CNC(CC)(CC)CN1C1CCCCCC1. The first kappa shape index (κ1) is 16.3. The molecule has 1 unspecified atom stereocenters. The monoisotopic (exact) mass is 280 g/mol. The van der Waals surface area contributed by atoms with Crippen LogP contribution in [0.1, 0.15) is 85.0 Å². The van der Waals surface area contributed by atoms with E-state index in [9.17, 15) is 0 Å². The average Bonchev–Trinajstić information content (AvgIpc) is 2.77. The second-order valence-electron chi connectivity index (χ2n) is 7.13. The second-order valence-corrected chi connectivity index (χ2v) is 7.13. The highest BCUT2D eigenvalue weighted by atomic mass is 15.3. The van der Waals surface area contributed by atoms with Crippen molar-refractivity contribution < 1.29 is 0 Å². The van der Waals surface area contributed by atoms with Crippen LogP contribution in [0.5, 0.6) is 0 Å². The summed E-state index contributed by atoms with van der Waals surface area (Å²) in [4.78, 5) is 2.93. The Morgan fingerprint density at radius 3 is 2.20 bits per heavy atom. The summed E-state index contributed by atoms with van der Waals surface area (Å²) in [5, 5.41) is 3.91. The zero-order valence-corrected chi connectivity index (χ0v) is 14.1. The maximum absolute atomic E-state index is 3.91. The van der Waals surface area contributed by atoms with E-state index in [-0.39, 0.29) is 0 Å². The van der Waals surface area contributed by atoms with Crippen LogP contribution in [0, 0.1) is 0 Å². The molecule has 1 aliphatic carbocycles. The summed E-state index contributed by atoms with van der Waals surface area (Å²) in [6.45, 7) is 9.57. The minimum absolute atomic E-state index is 0.385. The van der Waals surface area contributed by atoms with Gasteiger partial charge in [-0.1, -0.05) is 52.9 Å². The highest BCUT2D eigenvalue weighted by molar-refractivity contribution is 4.98. The Hall–Kier alpha value is -0.0800. The van der Waals surface area contributed by atoms with Crippen molar-refractivity contribution in [2.45, 2.75) is 103 Å². The van der Waals surface area contributed by atoms with E-state index in [4.69, 9.17) is 0 Å². The zero-order valence-electron chi connectivity index (χ0n) is 14.1. The molecular formula is C18H36N2. The van der Waals surface area contributed by atoms with Crippen molar-refractivity contribution in [2.75, 3.05) is 13.1 Å². The van der Waals surface area contributed by atoms with Crippen LogP contribution >= 0.6 is 0 Å². The first-order valence-corrected chi connectivity index (χ1v) is 9.25. The van der Waals surface area contributed by atoms with Crippen molar-refractivity contribution in [2.24, 2.45) is 0 Å². The lowest BCUT2D eigenvalue weighted by Gasteiger charge is -2.50. The van der Waals surface area contributed by atoms with Crippen LogP contribution in [-0.4, -0.2) is 35.6 Å². The van der Waals surface area contributed by atoms with Gasteiger partial charge in [0.05, 0.1) is 0 Å². The number of piperazine rings is 1. The van der Waals surface area contributed by atoms with E-state index in [1.54, 1.807) is 0 Å². The summed E-state index contributed by atoms with van der Waals surface area (Å²) in [6, 6.07) is 1.66. The molecule has 2 rings (SSSR count). The van der Waals surface area contributed by atoms with Crippen LogP contribution < -0.4 is 5.32 Å². The summed E-state index contributed by atoms with van der Waals surface area (Å²) < 4.78 is 0. The fraction of sp³-hybridized carbons (Fsp3) is 1.00. The molecule has 2 aliphatic rings. The van der Waals surface area contributed by atoms with Crippen LogP contribution in [0.4, 0.5) is 0 Å². The van der Waals surface area contributed by atoms with Crippen LogP contribution in [0.15, 0.2) is 0 Å². The van der Waals surface area contributed by atoms with E-state index in [0.717, 1.165) is 12.1 Å². The molecular weight excluding hydrogens is 244 g/mol. The predicted molar refractivity (Wildman–Crippen MR) is 88.2 cm³/mol. The Morgan fingerprint density at radius 2 is 1.65 bits per heavy atom. The third-order valence-corrected chi connectivity index (χ3v) is 5.94. The zero-order chi connectivity index (χ0) is 14.4. The number of nitrogens with one attached hydrogen (secondary N) is 1. The molecule has 1 N–H and O–H groups in total. The van der Waals surface area contributed by atoms with E-state index in [2.05, 4.69) is 31.0 Å². The Kier molecular flexibility index (Phi) is 6.35. The van der Waals surface area contributed by atoms with Crippen molar-refractivity contribution >= 4 is 0 Å². The molecule has 2 nitrogen and oxygen atoms in total. The molecule has 0 aromatic rings. The first-order valence-electron chi connectivity index (χ1n) is 9.25. The molecule has 118 valence electrons. The predicted octanol–water partition coefficient (Wildman–Crippen LogP) is 4.34. The van der Waals surface area contributed by atoms with Crippen molar-refractivity contribution in [3.05, 3.63) is 0 Å². The molecule has 0 amide bonds. The molecule has 0 aromatic carbocycles. The third-order valence-electron chi connectivity index (χ3n) is 5.94. The summed E-state index contributed by atoms with van der Waals surface area (Å²) in [5.41, 5.74) is 0.385. The van der Waals surface area contributed by atoms with Gasteiger partial charge in [-0.3, -0.25) is 4.90 Å². The van der Waals surface area contributed by atoms with E-state index >= 15 is 0 Å². The normalized spacial score (nSPS) is 29.2. The summed E-state index contributed by atoms with van der Waals surface area (Å²) >= 11 is 0. The lowest BCUT2D eigenvalue weighted by Crippen LogP contribution is -2.65. The minimum Gasteiger partial charge on any atom is -0.308 e. The Morgan fingerprint density at radius 1 is 1.00 bits per heavy atom. The van der Waals surface area contributed by atoms with Crippen LogP contribution in [-0.2, 0) is 0 Å². The molecule has 1 atom stereocenters. The summed E-state index contributed by atoms with van der Waals surface area (Å²) in [5.74, 6) is 0. The van der Waals surface area contributed by atoms with Gasteiger partial charge in [0, 0.05) is 30.7 Å². The molecule has 0 spiro atoms. The molecule has 1 saturated heterocycles. The fourth-order valence-corrected chi connectivity index (χ4v) is 4.33. The minimum atomic E-state index is 0.385. The van der Waals surface area contributed by atoms with Gasteiger partial charge >= 0.3 is 0 Å². The van der Waals surface area contributed by atoms with Crippen molar-refractivity contribution in [3.63, 3.8) is 0 Å². The molecule has 1 heterocycles. The molecule has 1 aliphatic heterocycles. The molecule has 0 bridgehead atoms. The van der Waals surface area contributed by atoms with Gasteiger partial charge < -0.3 is 5.32 Å². The molecule has 0 radical (unpaired) electrons. The van der Waals surface area contributed by atoms with Gasteiger partial charge in [-0.2, -0.15) is 0 Å². The van der Waals surface area contributed by atoms with E-state index in [1.165, 1.54) is 77.3 Å². The summed E-state index contributed by atoms with van der Waals surface area (Å²) in [7, 11) is 0. The lowest BCUT2D eigenvalue weighted by molar-refractivity contribution is 0.0270. The van der Waals surface area contributed by atoms with E-state index in [0.29, 0.717) is 5.54 Å². The average molecular weight is 280 g/mol. The second kappa shape index (κ2) is 7.79. The molecule has 1 saturated carbocycles. The topological polar surface area (TPSA) is 15.3 Å². The fourth-order valence-electron chi connectivity index (χ4n) is 4.33. The first-order chi connectivity index (χ1) is 9.74. The highest BCUT2D eigenvalue weighted by Crippen LogP contribution is 2.31. The van der Waals surface area contributed by atoms with E-state index < -0.39 is 0 Å². The number of rotatable bonds is 5. The number of nitrogens with zero attached hydrogens (tertiary/aromatic N) is 1. The third kappa shape index (κ3) is 3.76. The summed E-state index contributed by atoms with van der Waals surface area (Å²) in [6.07, 6.45) is 14.0. The molecule has 0 aromatic heterocycles. The maximum atomic E-state index is 3.91.